The van der Waals surface area contributed by atoms with Gasteiger partial charge in [0.2, 0.25) is 0 Å². The number of amides is 1. The average Bonchev–Trinajstić information content (AvgIpc) is 3.27. The molecule has 0 bridgehead atoms. The van der Waals surface area contributed by atoms with E-state index >= 15 is 0 Å². The molecule has 1 aliphatic heterocycles. The predicted molar refractivity (Wildman–Crippen MR) is 123 cm³/mol. The third-order valence-corrected chi connectivity index (χ3v) is 6.16. The fourth-order valence-corrected chi connectivity index (χ4v) is 4.52. The second kappa shape index (κ2) is 8.10. The summed E-state index contributed by atoms with van der Waals surface area (Å²) in [7, 11) is 0. The molecule has 0 aliphatic carbocycles. The number of halogens is 1. The lowest BCUT2D eigenvalue weighted by Crippen LogP contribution is -2.28. The summed E-state index contributed by atoms with van der Waals surface area (Å²) in [5, 5.41) is 9.83. The fraction of sp³-hybridized carbons (Fsp3) is 0.0455. The normalized spacial score (nSPS) is 15.3. The van der Waals surface area contributed by atoms with Gasteiger partial charge in [0, 0.05) is 11.6 Å². The molecule has 1 aromatic heterocycles. The van der Waals surface area contributed by atoms with E-state index in [9.17, 15) is 14.7 Å². The number of benzene rings is 2. The minimum Gasteiger partial charge on any atom is -0.478 e. The molecule has 150 valence electrons. The van der Waals surface area contributed by atoms with Crippen LogP contribution in [0.1, 0.15) is 21.7 Å². The highest BCUT2D eigenvalue weighted by Crippen LogP contribution is 2.38. The number of rotatable bonds is 4. The van der Waals surface area contributed by atoms with Gasteiger partial charge in [0.1, 0.15) is 11.5 Å². The van der Waals surface area contributed by atoms with Gasteiger partial charge in [-0.2, -0.15) is 0 Å². The van der Waals surface area contributed by atoms with E-state index in [1.807, 2.05) is 18.2 Å². The van der Waals surface area contributed by atoms with Gasteiger partial charge in [0.05, 0.1) is 21.2 Å². The Labute approximate surface area is 186 Å². The molecule has 0 unspecified atom stereocenters. The molecule has 3 aromatic rings. The van der Waals surface area contributed by atoms with Gasteiger partial charge in [0.25, 0.3) is 5.91 Å². The maximum Gasteiger partial charge on any atom is 0.335 e. The van der Waals surface area contributed by atoms with Crippen LogP contribution in [0.15, 0.2) is 63.9 Å². The Balaban J connectivity index is 1.66. The monoisotopic (exact) mass is 455 g/mol. The van der Waals surface area contributed by atoms with Gasteiger partial charge in [-0.15, -0.1) is 0 Å². The first kappa shape index (κ1) is 20.4. The highest BCUT2D eigenvalue weighted by Gasteiger charge is 2.34. The van der Waals surface area contributed by atoms with Crippen LogP contribution in [0, 0.1) is 6.92 Å². The van der Waals surface area contributed by atoms with Gasteiger partial charge < -0.3 is 9.52 Å². The van der Waals surface area contributed by atoms with Gasteiger partial charge in [0.15, 0.2) is 4.32 Å². The second-order valence-corrected chi connectivity index (χ2v) is 8.59. The standard InChI is InChI=1S/C22H14ClNO4S2/c1-12-6-7-13(21(26)27)10-17(12)24-20(25)19(30-22(24)29)11-14-8-9-18(28-14)15-4-2-3-5-16(15)23/h2-11H,1H3,(H,26,27)/b19-11+. The van der Waals surface area contributed by atoms with Crippen LogP contribution < -0.4 is 4.90 Å². The number of aryl methyl sites for hydroxylation is 1. The van der Waals surface area contributed by atoms with Gasteiger partial charge in [-0.05, 0) is 48.9 Å². The molecular formula is C22H14ClNO4S2. The zero-order valence-electron chi connectivity index (χ0n) is 15.6. The number of furan rings is 1. The third-order valence-electron chi connectivity index (χ3n) is 4.53. The number of hydrogen-bond donors (Lipinski definition) is 1. The van der Waals surface area contributed by atoms with Crippen molar-refractivity contribution < 1.29 is 19.1 Å². The van der Waals surface area contributed by atoms with E-state index in [1.165, 1.54) is 17.0 Å². The van der Waals surface area contributed by atoms with E-state index < -0.39 is 5.97 Å². The number of carboxylic acids is 1. The first-order chi connectivity index (χ1) is 14.3. The molecule has 2 aromatic carbocycles. The summed E-state index contributed by atoms with van der Waals surface area (Å²) >= 11 is 12.7. The molecule has 4 rings (SSSR count). The molecule has 1 aliphatic rings. The molecule has 2 heterocycles. The van der Waals surface area contributed by atoms with Crippen LogP contribution >= 0.6 is 35.6 Å². The molecule has 0 spiro atoms. The van der Waals surface area contributed by atoms with Gasteiger partial charge in [-0.3, -0.25) is 9.69 Å². The molecule has 8 heteroatoms. The molecule has 5 nitrogen and oxygen atoms in total. The number of carbonyl (C=O) groups is 2. The summed E-state index contributed by atoms with van der Waals surface area (Å²) in [5.41, 5.74) is 2.05. The van der Waals surface area contributed by atoms with Crippen LogP contribution in [-0.4, -0.2) is 21.3 Å². The van der Waals surface area contributed by atoms with E-state index in [1.54, 1.807) is 37.3 Å². The maximum atomic E-state index is 13.0. The van der Waals surface area contributed by atoms with Crippen LogP contribution in [0.25, 0.3) is 17.4 Å². The number of anilines is 1. The van der Waals surface area contributed by atoms with E-state index in [-0.39, 0.29) is 11.5 Å². The molecule has 30 heavy (non-hydrogen) atoms. The van der Waals surface area contributed by atoms with Gasteiger partial charge >= 0.3 is 5.97 Å². The first-order valence-corrected chi connectivity index (χ1v) is 10.4. The Morgan fingerprint density at radius 2 is 1.97 bits per heavy atom. The summed E-state index contributed by atoms with van der Waals surface area (Å²) in [6.07, 6.45) is 1.62. The molecule has 1 saturated heterocycles. The maximum absolute atomic E-state index is 13.0. The zero-order valence-corrected chi connectivity index (χ0v) is 18.0. The molecule has 0 atom stereocenters. The molecule has 0 saturated carbocycles. The Morgan fingerprint density at radius 3 is 2.70 bits per heavy atom. The van der Waals surface area contributed by atoms with Crippen molar-refractivity contribution in [2.75, 3.05) is 4.90 Å². The summed E-state index contributed by atoms with van der Waals surface area (Å²) in [4.78, 5) is 26.1. The summed E-state index contributed by atoms with van der Waals surface area (Å²) in [6.45, 7) is 1.80. The fourth-order valence-electron chi connectivity index (χ4n) is 3.02. The largest absolute Gasteiger partial charge is 0.478 e. The number of thioether (sulfide) groups is 1. The molecule has 1 fully saturated rings. The quantitative estimate of drug-likeness (QED) is 0.383. The van der Waals surface area contributed by atoms with Crippen molar-refractivity contribution in [2.45, 2.75) is 6.92 Å². The molecule has 1 N–H and O–H groups in total. The lowest BCUT2D eigenvalue weighted by molar-refractivity contribution is -0.113. The number of carbonyl (C=O) groups excluding carboxylic acids is 1. The second-order valence-electron chi connectivity index (χ2n) is 6.51. The average molecular weight is 456 g/mol. The highest BCUT2D eigenvalue weighted by molar-refractivity contribution is 8.27. The van der Waals surface area contributed by atoms with Crippen molar-refractivity contribution in [3.8, 4) is 11.3 Å². The lowest BCUT2D eigenvalue weighted by atomic mass is 10.1. The Bertz CT molecular complexity index is 1230. The topological polar surface area (TPSA) is 70.8 Å². The minimum atomic E-state index is -1.07. The van der Waals surface area contributed by atoms with E-state index in [2.05, 4.69) is 0 Å². The van der Waals surface area contributed by atoms with Crippen molar-refractivity contribution in [1.29, 1.82) is 0 Å². The van der Waals surface area contributed by atoms with Crippen molar-refractivity contribution in [3.05, 3.63) is 81.4 Å². The number of aromatic carboxylic acids is 1. The summed E-state index contributed by atoms with van der Waals surface area (Å²) in [6, 6.07) is 15.5. The summed E-state index contributed by atoms with van der Waals surface area (Å²) in [5.74, 6) is -0.319. The zero-order chi connectivity index (χ0) is 21.4. The van der Waals surface area contributed by atoms with Crippen LogP contribution in [0.2, 0.25) is 5.02 Å². The van der Waals surface area contributed by atoms with Crippen LogP contribution in [0.4, 0.5) is 5.69 Å². The summed E-state index contributed by atoms with van der Waals surface area (Å²) < 4.78 is 6.17. The number of nitrogens with zero attached hydrogens (tertiary/aromatic N) is 1. The van der Waals surface area contributed by atoms with E-state index in [0.717, 1.165) is 22.9 Å². The first-order valence-electron chi connectivity index (χ1n) is 8.82. The van der Waals surface area contributed by atoms with E-state index in [0.29, 0.717) is 31.5 Å². The van der Waals surface area contributed by atoms with Gasteiger partial charge in [-0.25, -0.2) is 4.79 Å². The van der Waals surface area contributed by atoms with Crippen molar-refractivity contribution in [2.24, 2.45) is 0 Å². The van der Waals surface area contributed by atoms with Crippen molar-refractivity contribution >= 4 is 63.5 Å². The number of hydrogen-bond acceptors (Lipinski definition) is 5. The third kappa shape index (κ3) is 3.79. The van der Waals surface area contributed by atoms with E-state index in [4.69, 9.17) is 28.2 Å². The van der Waals surface area contributed by atoms with Crippen LogP contribution in [-0.2, 0) is 4.79 Å². The minimum absolute atomic E-state index is 0.0871. The number of carboxylic acid groups (broad SMARTS) is 1. The van der Waals surface area contributed by atoms with Crippen molar-refractivity contribution in [3.63, 3.8) is 0 Å². The van der Waals surface area contributed by atoms with Crippen LogP contribution in [0.5, 0.6) is 0 Å². The SMILES string of the molecule is Cc1ccc(C(=O)O)cc1N1C(=O)/C(=C\c2ccc(-c3ccccc3Cl)o2)SC1=S. The lowest BCUT2D eigenvalue weighted by Gasteiger charge is -2.17. The predicted octanol–water partition coefficient (Wildman–Crippen LogP) is 6.01. The smallest absolute Gasteiger partial charge is 0.335 e. The Kier molecular flexibility index (Phi) is 5.51. The molecule has 0 radical (unpaired) electrons. The highest BCUT2D eigenvalue weighted by atomic mass is 35.5. The van der Waals surface area contributed by atoms with Gasteiger partial charge in [-0.1, -0.05) is 53.8 Å². The Morgan fingerprint density at radius 1 is 1.20 bits per heavy atom. The molecular weight excluding hydrogens is 442 g/mol. The number of thiocarbonyl (C=S) groups is 1. The molecule has 1 amide bonds. The van der Waals surface area contributed by atoms with Crippen LogP contribution in [0.3, 0.4) is 0 Å². The Hall–Kier alpha value is -2.87. The van der Waals surface area contributed by atoms with Crippen molar-refractivity contribution in [1.82, 2.24) is 0 Å².